The molecule has 3 aromatic rings. The molecule has 0 saturated carbocycles. The fraction of sp³-hybridized carbons (Fsp3) is 0.412. The van der Waals surface area contributed by atoms with E-state index in [1.165, 1.54) is 6.92 Å². The average Bonchev–Trinajstić information content (AvgIpc) is 2.97. The van der Waals surface area contributed by atoms with E-state index in [0.29, 0.717) is 13.0 Å². The van der Waals surface area contributed by atoms with Crippen LogP contribution in [-0.2, 0) is 20.5 Å². The minimum atomic E-state index is -1.01. The number of benzene rings is 3. The standard InChI is InChI=1S/C34H41NO4/c1-26(36)39-25-33(2,3)28-18-16-27(17-19-28)32(37)15-10-22-35-23-20-31(21-24-35)34(38,29-11-6-4-7-12-29)30-13-8-5-9-14-30/h4-9,11-14,16-19,31,38H,10,15,20-25H2,1-3H3. The number of nitrogens with zero attached hydrogens (tertiary/aromatic N) is 1. The van der Waals surface area contributed by atoms with Crippen molar-refractivity contribution in [2.24, 2.45) is 5.92 Å². The zero-order valence-corrected chi connectivity index (χ0v) is 23.4. The number of carbonyl (C=O) groups excluding carboxylic acids is 2. The maximum absolute atomic E-state index is 12.8. The lowest BCUT2D eigenvalue weighted by molar-refractivity contribution is -0.142. The molecule has 0 spiro atoms. The molecule has 0 unspecified atom stereocenters. The van der Waals surface area contributed by atoms with Crippen LogP contribution in [0.1, 0.15) is 73.5 Å². The fourth-order valence-electron chi connectivity index (χ4n) is 5.68. The minimum absolute atomic E-state index is 0.129. The van der Waals surface area contributed by atoms with Gasteiger partial charge in [-0.25, -0.2) is 0 Å². The Morgan fingerprint density at radius 1 is 0.846 bits per heavy atom. The molecule has 1 saturated heterocycles. The molecule has 0 radical (unpaired) electrons. The smallest absolute Gasteiger partial charge is 0.302 e. The zero-order valence-electron chi connectivity index (χ0n) is 23.4. The summed E-state index contributed by atoms with van der Waals surface area (Å²) in [6.07, 6.45) is 3.12. The monoisotopic (exact) mass is 527 g/mol. The summed E-state index contributed by atoms with van der Waals surface area (Å²) in [6, 6.07) is 27.7. The Morgan fingerprint density at radius 2 is 1.38 bits per heavy atom. The van der Waals surface area contributed by atoms with E-state index < -0.39 is 5.60 Å². The highest BCUT2D eigenvalue weighted by Crippen LogP contribution is 2.41. The van der Waals surface area contributed by atoms with Crippen LogP contribution in [0, 0.1) is 5.92 Å². The van der Waals surface area contributed by atoms with Crippen molar-refractivity contribution >= 4 is 11.8 Å². The Balaban J connectivity index is 1.29. The molecule has 39 heavy (non-hydrogen) atoms. The molecule has 206 valence electrons. The third-order valence-corrected chi connectivity index (χ3v) is 8.11. The summed E-state index contributed by atoms with van der Waals surface area (Å²) in [7, 11) is 0. The van der Waals surface area contributed by atoms with E-state index >= 15 is 0 Å². The normalized spacial score (nSPS) is 15.2. The van der Waals surface area contributed by atoms with Crippen molar-refractivity contribution in [1.29, 1.82) is 0 Å². The van der Waals surface area contributed by atoms with E-state index in [1.807, 2.05) is 98.8 Å². The molecule has 1 fully saturated rings. The molecule has 0 aromatic heterocycles. The van der Waals surface area contributed by atoms with Crippen molar-refractivity contribution in [1.82, 2.24) is 4.90 Å². The van der Waals surface area contributed by atoms with Crippen LogP contribution in [0.5, 0.6) is 0 Å². The molecule has 1 heterocycles. The summed E-state index contributed by atoms with van der Waals surface area (Å²) in [5.74, 6) is -0.0114. The second-order valence-corrected chi connectivity index (χ2v) is 11.4. The van der Waals surface area contributed by atoms with Crippen LogP contribution in [0.3, 0.4) is 0 Å². The summed E-state index contributed by atoms with van der Waals surface area (Å²) in [5.41, 5.74) is 2.32. The second-order valence-electron chi connectivity index (χ2n) is 11.4. The Kier molecular flexibility index (Phi) is 9.36. The van der Waals surface area contributed by atoms with Gasteiger partial charge in [0.2, 0.25) is 0 Å². The topological polar surface area (TPSA) is 66.8 Å². The van der Waals surface area contributed by atoms with Gasteiger partial charge in [-0.15, -0.1) is 0 Å². The molecule has 1 aliphatic heterocycles. The predicted octanol–water partition coefficient (Wildman–Crippen LogP) is 6.14. The van der Waals surface area contributed by atoms with Gasteiger partial charge < -0.3 is 14.7 Å². The molecule has 1 aliphatic rings. The van der Waals surface area contributed by atoms with E-state index in [4.69, 9.17) is 4.74 Å². The molecule has 1 N–H and O–H groups in total. The highest BCUT2D eigenvalue weighted by Gasteiger charge is 2.41. The van der Waals surface area contributed by atoms with Crippen molar-refractivity contribution in [2.45, 2.75) is 57.5 Å². The Morgan fingerprint density at radius 3 is 1.90 bits per heavy atom. The highest BCUT2D eigenvalue weighted by molar-refractivity contribution is 5.96. The van der Waals surface area contributed by atoms with Crippen LogP contribution < -0.4 is 0 Å². The lowest BCUT2D eigenvalue weighted by Crippen LogP contribution is -2.44. The number of hydrogen-bond acceptors (Lipinski definition) is 5. The molecule has 5 nitrogen and oxygen atoms in total. The Labute approximate surface area is 232 Å². The van der Waals surface area contributed by atoms with Crippen LogP contribution in [0.4, 0.5) is 0 Å². The zero-order chi connectivity index (χ0) is 27.9. The molecule has 0 amide bonds. The van der Waals surface area contributed by atoms with E-state index in [2.05, 4.69) is 4.90 Å². The van der Waals surface area contributed by atoms with Gasteiger partial charge in [0.15, 0.2) is 5.78 Å². The third-order valence-electron chi connectivity index (χ3n) is 8.11. The lowest BCUT2D eigenvalue weighted by atomic mass is 9.72. The van der Waals surface area contributed by atoms with Crippen LogP contribution in [0.25, 0.3) is 0 Å². The van der Waals surface area contributed by atoms with Crippen molar-refractivity contribution in [3.05, 3.63) is 107 Å². The molecule has 0 atom stereocenters. The van der Waals surface area contributed by atoms with Gasteiger partial charge in [0.25, 0.3) is 0 Å². The molecule has 4 rings (SSSR count). The quantitative estimate of drug-likeness (QED) is 0.240. The second kappa shape index (κ2) is 12.7. The summed E-state index contributed by atoms with van der Waals surface area (Å²) in [6.45, 7) is 8.46. The molecule has 0 bridgehead atoms. The maximum atomic E-state index is 12.8. The number of carbonyl (C=O) groups is 2. The van der Waals surface area contributed by atoms with E-state index in [-0.39, 0.29) is 23.1 Å². The SMILES string of the molecule is CC(=O)OCC(C)(C)c1ccc(C(=O)CCCN2CCC(C(O)(c3ccccc3)c3ccccc3)CC2)cc1. The Bertz CT molecular complexity index is 1170. The molecular formula is C34H41NO4. The number of esters is 1. The molecule has 3 aromatic carbocycles. The number of ketones is 1. The molecule has 5 heteroatoms. The third kappa shape index (κ3) is 7.03. The van der Waals surface area contributed by atoms with E-state index in [1.54, 1.807) is 0 Å². The summed E-state index contributed by atoms with van der Waals surface area (Å²) in [5, 5.41) is 12.1. The van der Waals surface area contributed by atoms with Crippen LogP contribution >= 0.6 is 0 Å². The van der Waals surface area contributed by atoms with Crippen LogP contribution in [0.2, 0.25) is 0 Å². The van der Waals surface area contributed by atoms with Gasteiger partial charge in [0.1, 0.15) is 12.2 Å². The highest BCUT2D eigenvalue weighted by atomic mass is 16.5. The van der Waals surface area contributed by atoms with Gasteiger partial charge in [-0.1, -0.05) is 98.8 Å². The summed E-state index contributed by atoms with van der Waals surface area (Å²) >= 11 is 0. The van der Waals surface area contributed by atoms with Gasteiger partial charge in [-0.05, 0) is 61.5 Å². The van der Waals surface area contributed by atoms with Gasteiger partial charge in [0, 0.05) is 24.3 Å². The van der Waals surface area contributed by atoms with E-state index in [9.17, 15) is 14.7 Å². The van der Waals surface area contributed by atoms with Gasteiger partial charge >= 0.3 is 5.97 Å². The largest absolute Gasteiger partial charge is 0.465 e. The lowest BCUT2D eigenvalue weighted by Gasteiger charge is -2.42. The first-order valence-corrected chi connectivity index (χ1v) is 14.0. The predicted molar refractivity (Wildman–Crippen MR) is 155 cm³/mol. The number of likely N-dealkylation sites (tertiary alicyclic amines) is 1. The van der Waals surface area contributed by atoms with Crippen molar-refractivity contribution in [3.8, 4) is 0 Å². The number of rotatable bonds is 11. The number of Topliss-reactive ketones (excluding diaryl/α,β-unsaturated/α-hetero) is 1. The first-order chi connectivity index (χ1) is 18.7. The van der Waals surface area contributed by atoms with Crippen molar-refractivity contribution in [3.63, 3.8) is 0 Å². The Hall–Kier alpha value is -3.28. The van der Waals surface area contributed by atoms with Crippen molar-refractivity contribution < 1.29 is 19.4 Å². The fourth-order valence-corrected chi connectivity index (χ4v) is 5.68. The minimum Gasteiger partial charge on any atom is -0.465 e. The first-order valence-electron chi connectivity index (χ1n) is 14.0. The number of aliphatic hydroxyl groups is 1. The summed E-state index contributed by atoms with van der Waals surface area (Å²) in [4.78, 5) is 26.4. The first kappa shape index (κ1) is 28.7. The van der Waals surface area contributed by atoms with Crippen LogP contribution in [0.15, 0.2) is 84.9 Å². The summed E-state index contributed by atoms with van der Waals surface area (Å²) < 4.78 is 5.20. The molecular weight excluding hydrogens is 486 g/mol. The molecule has 0 aliphatic carbocycles. The number of ether oxygens (including phenoxy) is 1. The maximum Gasteiger partial charge on any atom is 0.302 e. The van der Waals surface area contributed by atoms with Crippen molar-refractivity contribution in [2.75, 3.05) is 26.2 Å². The van der Waals surface area contributed by atoms with Gasteiger partial charge in [0.05, 0.1) is 0 Å². The number of hydrogen-bond donors (Lipinski definition) is 1. The average molecular weight is 528 g/mol. The van der Waals surface area contributed by atoms with Crippen LogP contribution in [-0.4, -0.2) is 48.0 Å². The number of piperidine rings is 1. The van der Waals surface area contributed by atoms with E-state index in [0.717, 1.165) is 61.2 Å². The van der Waals surface area contributed by atoms with Gasteiger partial charge in [-0.2, -0.15) is 0 Å². The van der Waals surface area contributed by atoms with Gasteiger partial charge in [-0.3, -0.25) is 9.59 Å².